The van der Waals surface area contributed by atoms with Gasteiger partial charge in [-0.05, 0) is 0 Å². The molecule has 0 fully saturated rings. The average Bonchev–Trinajstić information content (AvgIpc) is 2.39. The lowest BCUT2D eigenvalue weighted by atomic mass is 10.1. The third-order valence-electron chi connectivity index (χ3n) is 2.47. The number of rotatable bonds is 3. The largest absolute Gasteiger partial charge is 0.380 e. The molecule has 2 aromatic rings. The summed E-state index contributed by atoms with van der Waals surface area (Å²) in [6.45, 7) is 0.393. The van der Waals surface area contributed by atoms with Crippen LogP contribution in [0.4, 0.5) is 0 Å². The van der Waals surface area contributed by atoms with Crippen LogP contribution in [-0.2, 0) is 15.1 Å². The van der Waals surface area contributed by atoms with Crippen LogP contribution in [0.15, 0.2) is 36.5 Å². The molecule has 0 aliphatic heterocycles. The van der Waals surface area contributed by atoms with Gasteiger partial charge in [-0.15, -0.1) is 0 Å². The molecule has 0 amide bonds. The Bertz CT molecular complexity index is 556. The number of alkyl halides is 3. The van der Waals surface area contributed by atoms with E-state index in [4.69, 9.17) is 39.5 Å². The first kappa shape index (κ1) is 14.5. The van der Waals surface area contributed by atoms with E-state index in [0.29, 0.717) is 12.3 Å². The smallest absolute Gasteiger partial charge is 0.250 e. The van der Waals surface area contributed by atoms with Gasteiger partial charge in [0.25, 0.3) is 0 Å². The molecule has 100 valence electrons. The van der Waals surface area contributed by atoms with Crippen molar-refractivity contribution in [1.29, 1.82) is 0 Å². The summed E-state index contributed by atoms with van der Waals surface area (Å²) in [6, 6.07) is 9.63. The Morgan fingerprint density at radius 2 is 1.84 bits per heavy atom. The maximum Gasteiger partial charge on any atom is 0.250 e. The molecule has 0 unspecified atom stereocenters. The molecule has 1 aromatic carbocycles. The summed E-state index contributed by atoms with van der Waals surface area (Å²) in [6.07, 6.45) is 1.62. The van der Waals surface area contributed by atoms with Gasteiger partial charge < -0.3 is 4.74 Å². The molecule has 1 heterocycles. The van der Waals surface area contributed by atoms with Crippen molar-refractivity contribution >= 4 is 34.8 Å². The second kappa shape index (κ2) is 6.06. The lowest BCUT2D eigenvalue weighted by Gasteiger charge is -2.13. The van der Waals surface area contributed by atoms with Crippen LogP contribution >= 0.6 is 34.8 Å². The molecule has 0 aliphatic rings. The lowest BCUT2D eigenvalue weighted by Crippen LogP contribution is -2.10. The Balaban J connectivity index is 2.54. The maximum atomic E-state index is 5.82. The second-order valence-corrected chi connectivity index (χ2v) is 6.15. The minimum atomic E-state index is -1.64. The fourth-order valence-corrected chi connectivity index (χ4v) is 1.92. The molecule has 0 spiro atoms. The average molecular weight is 318 g/mol. The van der Waals surface area contributed by atoms with Crippen molar-refractivity contribution in [3.8, 4) is 11.3 Å². The van der Waals surface area contributed by atoms with E-state index in [0.717, 1.165) is 11.1 Å². The van der Waals surface area contributed by atoms with Crippen molar-refractivity contribution in [2.75, 3.05) is 7.11 Å². The second-order valence-electron chi connectivity index (χ2n) is 3.86. The number of nitrogens with zero attached hydrogens (tertiary/aromatic N) is 2. The summed E-state index contributed by atoms with van der Waals surface area (Å²) in [5.74, 6) is 0.149. The zero-order chi connectivity index (χ0) is 13.9. The van der Waals surface area contributed by atoms with Crippen LogP contribution < -0.4 is 0 Å². The van der Waals surface area contributed by atoms with Crippen LogP contribution in [0.3, 0.4) is 0 Å². The Hall–Kier alpha value is -0.870. The van der Waals surface area contributed by atoms with Gasteiger partial charge in [0, 0.05) is 24.4 Å². The fourth-order valence-electron chi connectivity index (χ4n) is 1.65. The van der Waals surface area contributed by atoms with Crippen molar-refractivity contribution in [2.24, 2.45) is 0 Å². The maximum absolute atomic E-state index is 5.82. The molecule has 0 atom stereocenters. The Kier molecular flexibility index (Phi) is 4.63. The highest BCUT2D eigenvalue weighted by atomic mass is 35.6. The summed E-state index contributed by atoms with van der Waals surface area (Å²) >= 11 is 17.5. The molecule has 0 N–H and O–H groups in total. The van der Waals surface area contributed by atoms with Crippen LogP contribution in [0.5, 0.6) is 0 Å². The number of methoxy groups -OCH3 is 1. The number of ether oxygens (including phenoxy) is 1. The van der Waals surface area contributed by atoms with Gasteiger partial charge in [0.2, 0.25) is 3.79 Å². The molecule has 0 saturated heterocycles. The summed E-state index contributed by atoms with van der Waals surface area (Å²) in [5, 5.41) is 0. The normalized spacial score (nSPS) is 11.6. The van der Waals surface area contributed by atoms with Crippen LogP contribution in [0, 0.1) is 0 Å². The summed E-state index contributed by atoms with van der Waals surface area (Å²) in [7, 11) is 1.61. The first-order valence-corrected chi connectivity index (χ1v) is 6.63. The van der Waals surface area contributed by atoms with Gasteiger partial charge in [0.05, 0.1) is 12.3 Å². The highest BCUT2D eigenvalue weighted by Gasteiger charge is 2.27. The number of halogens is 3. The SMILES string of the molecule is COCc1cnc(C(Cl)(Cl)Cl)nc1-c1ccccc1. The molecule has 0 aliphatic carbocycles. The van der Waals surface area contributed by atoms with E-state index < -0.39 is 3.79 Å². The van der Waals surface area contributed by atoms with Crippen molar-refractivity contribution in [2.45, 2.75) is 10.4 Å². The van der Waals surface area contributed by atoms with Gasteiger partial charge in [-0.2, -0.15) is 0 Å². The Labute approximate surface area is 126 Å². The van der Waals surface area contributed by atoms with Gasteiger partial charge in [0.1, 0.15) is 0 Å². The number of hydrogen-bond acceptors (Lipinski definition) is 3. The van der Waals surface area contributed by atoms with Gasteiger partial charge in [-0.25, -0.2) is 9.97 Å². The van der Waals surface area contributed by atoms with E-state index in [9.17, 15) is 0 Å². The number of hydrogen-bond donors (Lipinski definition) is 0. The predicted molar refractivity (Wildman–Crippen MR) is 77.4 cm³/mol. The molecule has 2 rings (SSSR count). The van der Waals surface area contributed by atoms with Crippen LogP contribution in [0.25, 0.3) is 11.3 Å². The lowest BCUT2D eigenvalue weighted by molar-refractivity contribution is 0.184. The van der Waals surface area contributed by atoms with Crippen LogP contribution in [0.2, 0.25) is 0 Å². The molecular weight excluding hydrogens is 307 g/mol. The first-order chi connectivity index (χ1) is 9.02. The van der Waals surface area contributed by atoms with Crippen molar-refractivity contribution in [3.05, 3.63) is 47.9 Å². The summed E-state index contributed by atoms with van der Waals surface area (Å²) in [4.78, 5) is 8.41. The van der Waals surface area contributed by atoms with E-state index in [2.05, 4.69) is 9.97 Å². The van der Waals surface area contributed by atoms with E-state index in [-0.39, 0.29) is 5.82 Å². The molecule has 3 nitrogen and oxygen atoms in total. The van der Waals surface area contributed by atoms with Crippen LogP contribution in [0.1, 0.15) is 11.4 Å². The van der Waals surface area contributed by atoms with Crippen molar-refractivity contribution < 1.29 is 4.74 Å². The van der Waals surface area contributed by atoms with Gasteiger partial charge in [-0.3, -0.25) is 0 Å². The van der Waals surface area contributed by atoms with Crippen molar-refractivity contribution in [1.82, 2.24) is 9.97 Å². The number of aromatic nitrogens is 2. The van der Waals surface area contributed by atoms with Crippen LogP contribution in [-0.4, -0.2) is 17.1 Å². The third-order valence-corrected chi connectivity index (χ3v) is 2.97. The zero-order valence-corrected chi connectivity index (χ0v) is 12.4. The minimum Gasteiger partial charge on any atom is -0.380 e. The number of benzene rings is 1. The van der Waals surface area contributed by atoms with Gasteiger partial charge >= 0.3 is 0 Å². The summed E-state index contributed by atoms with van der Waals surface area (Å²) < 4.78 is 3.49. The molecule has 0 radical (unpaired) electrons. The van der Waals surface area contributed by atoms with Gasteiger partial charge in [-0.1, -0.05) is 65.1 Å². The van der Waals surface area contributed by atoms with E-state index in [1.807, 2.05) is 30.3 Å². The predicted octanol–water partition coefficient (Wildman–Crippen LogP) is 4.12. The minimum absolute atomic E-state index is 0.149. The van der Waals surface area contributed by atoms with Crippen molar-refractivity contribution in [3.63, 3.8) is 0 Å². The topological polar surface area (TPSA) is 35.0 Å². The van der Waals surface area contributed by atoms with E-state index in [1.165, 1.54) is 0 Å². The molecule has 0 saturated carbocycles. The quantitative estimate of drug-likeness (QED) is 0.799. The zero-order valence-electron chi connectivity index (χ0n) is 10.1. The molecular formula is C13H11Cl3N2O. The summed E-state index contributed by atoms with van der Waals surface area (Å²) in [5.41, 5.74) is 2.47. The fraction of sp³-hybridized carbons (Fsp3) is 0.231. The standard InChI is InChI=1S/C13H11Cl3N2O/c1-19-8-10-7-17-12(13(14,15)16)18-11(10)9-5-3-2-4-6-9/h2-7H,8H2,1H3. The first-order valence-electron chi connectivity index (χ1n) is 5.50. The molecule has 6 heteroatoms. The van der Waals surface area contributed by atoms with E-state index >= 15 is 0 Å². The Morgan fingerprint density at radius 1 is 1.16 bits per heavy atom. The molecule has 0 bridgehead atoms. The monoisotopic (exact) mass is 316 g/mol. The van der Waals surface area contributed by atoms with Gasteiger partial charge in [0.15, 0.2) is 5.82 Å². The third kappa shape index (κ3) is 3.57. The van der Waals surface area contributed by atoms with E-state index in [1.54, 1.807) is 13.3 Å². The highest BCUT2D eigenvalue weighted by molar-refractivity contribution is 6.66. The highest BCUT2D eigenvalue weighted by Crippen LogP contribution is 2.37. The molecule has 1 aromatic heterocycles. The Morgan fingerprint density at radius 3 is 2.42 bits per heavy atom. The molecule has 19 heavy (non-hydrogen) atoms.